The Morgan fingerprint density at radius 1 is 1.35 bits per heavy atom. The fraction of sp³-hybridized carbons (Fsp3) is 0.615. The first-order valence-electron chi connectivity index (χ1n) is 7.21. The summed E-state index contributed by atoms with van der Waals surface area (Å²) >= 11 is 5.97. The van der Waals surface area contributed by atoms with E-state index >= 15 is 0 Å². The van der Waals surface area contributed by atoms with E-state index in [4.69, 9.17) is 16.3 Å². The Hall–Kier alpha value is -1.52. The molecule has 1 saturated heterocycles. The average molecular weight is 344 g/mol. The Morgan fingerprint density at radius 2 is 2.09 bits per heavy atom. The second kappa shape index (κ2) is 6.17. The lowest BCUT2D eigenvalue weighted by Crippen LogP contribution is -2.33. The Kier molecular flexibility index (Phi) is 4.39. The van der Waals surface area contributed by atoms with Crippen LogP contribution >= 0.6 is 11.6 Å². The summed E-state index contributed by atoms with van der Waals surface area (Å²) in [5, 5.41) is 32.4. The Balaban J connectivity index is 2.04. The smallest absolute Gasteiger partial charge is 0.226 e. The van der Waals surface area contributed by atoms with Crippen LogP contribution in [0.2, 0.25) is 5.28 Å². The second-order valence-electron chi connectivity index (χ2n) is 5.69. The molecule has 4 N–H and O–H groups in total. The minimum absolute atomic E-state index is 0.0224. The highest BCUT2D eigenvalue weighted by Gasteiger charge is 2.44. The fourth-order valence-electron chi connectivity index (χ4n) is 2.56. The number of ether oxygens (including phenoxy) is 1. The van der Waals surface area contributed by atoms with Gasteiger partial charge in [-0.3, -0.25) is 4.57 Å². The molecule has 2 aromatic heterocycles. The van der Waals surface area contributed by atoms with Gasteiger partial charge in [-0.2, -0.15) is 9.97 Å². The van der Waals surface area contributed by atoms with Crippen molar-refractivity contribution < 1.29 is 20.1 Å². The van der Waals surface area contributed by atoms with Gasteiger partial charge in [-0.25, -0.2) is 4.98 Å². The number of aliphatic hydroxyl groups excluding tert-OH is 3. The van der Waals surface area contributed by atoms with E-state index < -0.39 is 31.1 Å². The van der Waals surface area contributed by atoms with Crippen LogP contribution in [0.5, 0.6) is 0 Å². The van der Waals surface area contributed by atoms with Crippen LogP contribution < -0.4 is 5.32 Å². The minimum Gasteiger partial charge on any atom is -0.394 e. The summed E-state index contributed by atoms with van der Waals surface area (Å²) in [5.41, 5.74) is 0.837. The summed E-state index contributed by atoms with van der Waals surface area (Å²) in [4.78, 5) is 12.5. The summed E-state index contributed by atoms with van der Waals surface area (Å²) in [7, 11) is 0. The number of hydrogen-bond acceptors (Lipinski definition) is 8. The molecule has 9 nitrogen and oxygen atoms in total. The number of imidazole rings is 1. The molecular weight excluding hydrogens is 326 g/mol. The van der Waals surface area contributed by atoms with Crippen molar-refractivity contribution in [1.82, 2.24) is 19.5 Å². The maximum Gasteiger partial charge on any atom is 0.226 e. The first kappa shape index (κ1) is 16.3. The van der Waals surface area contributed by atoms with E-state index in [0.29, 0.717) is 17.0 Å². The molecule has 0 aromatic carbocycles. The van der Waals surface area contributed by atoms with Crippen LogP contribution in [-0.2, 0) is 4.74 Å². The van der Waals surface area contributed by atoms with Crippen LogP contribution in [0.1, 0.15) is 20.1 Å². The van der Waals surface area contributed by atoms with Crippen molar-refractivity contribution in [3.63, 3.8) is 0 Å². The highest BCUT2D eigenvalue weighted by Crippen LogP contribution is 2.32. The average Bonchev–Trinajstić information content (AvgIpc) is 3.01. The minimum atomic E-state index is -1.22. The maximum atomic E-state index is 10.1. The number of nitrogens with zero attached hydrogens (tertiary/aromatic N) is 4. The molecule has 23 heavy (non-hydrogen) atoms. The maximum absolute atomic E-state index is 10.1. The van der Waals surface area contributed by atoms with Crippen molar-refractivity contribution in [2.45, 2.75) is 44.4 Å². The van der Waals surface area contributed by atoms with Crippen molar-refractivity contribution in [3.05, 3.63) is 11.6 Å². The lowest BCUT2D eigenvalue weighted by Gasteiger charge is -2.17. The van der Waals surface area contributed by atoms with Crippen molar-refractivity contribution in [2.24, 2.45) is 0 Å². The molecule has 0 saturated carbocycles. The van der Waals surface area contributed by atoms with Crippen LogP contribution in [0.4, 0.5) is 5.82 Å². The van der Waals surface area contributed by atoms with Gasteiger partial charge in [-0.1, -0.05) is 0 Å². The van der Waals surface area contributed by atoms with E-state index in [0.717, 1.165) is 0 Å². The van der Waals surface area contributed by atoms with E-state index in [1.165, 1.54) is 10.9 Å². The van der Waals surface area contributed by atoms with E-state index in [-0.39, 0.29) is 11.3 Å². The number of aliphatic hydroxyl groups is 3. The molecule has 0 spiro atoms. The molecule has 0 unspecified atom stereocenters. The Morgan fingerprint density at radius 3 is 2.70 bits per heavy atom. The van der Waals surface area contributed by atoms with Crippen molar-refractivity contribution in [3.8, 4) is 0 Å². The number of aromatic nitrogens is 4. The zero-order chi connectivity index (χ0) is 16.7. The van der Waals surface area contributed by atoms with Crippen LogP contribution in [0.3, 0.4) is 0 Å². The SMILES string of the molecule is CC(C)Nc1nc(Cl)nc2c1ncn2[C@@H]1O[C@H](CO)[C@@H](O)[C@H]1O. The zero-order valence-electron chi connectivity index (χ0n) is 12.6. The fourth-order valence-corrected chi connectivity index (χ4v) is 2.72. The number of hydrogen-bond donors (Lipinski definition) is 4. The van der Waals surface area contributed by atoms with Crippen LogP contribution in [0.15, 0.2) is 6.33 Å². The molecule has 10 heteroatoms. The number of nitrogens with one attached hydrogen (secondary N) is 1. The van der Waals surface area contributed by atoms with Gasteiger partial charge in [-0.15, -0.1) is 0 Å². The predicted molar refractivity (Wildman–Crippen MR) is 82.1 cm³/mol. The van der Waals surface area contributed by atoms with Crippen LogP contribution in [-0.4, -0.2) is 65.8 Å². The summed E-state index contributed by atoms with van der Waals surface area (Å²) in [6.45, 7) is 3.49. The van der Waals surface area contributed by atoms with E-state index in [1.54, 1.807) is 0 Å². The predicted octanol–water partition coefficient (Wildman–Crippen LogP) is -0.0885. The molecule has 2 aromatic rings. The largest absolute Gasteiger partial charge is 0.394 e. The highest BCUT2D eigenvalue weighted by atomic mass is 35.5. The number of anilines is 1. The molecule has 3 rings (SSSR count). The van der Waals surface area contributed by atoms with Crippen LogP contribution in [0.25, 0.3) is 11.2 Å². The van der Waals surface area contributed by atoms with Crippen LogP contribution in [0, 0.1) is 0 Å². The van der Waals surface area contributed by atoms with Gasteiger partial charge < -0.3 is 25.4 Å². The normalized spacial score (nSPS) is 28.0. The summed E-state index contributed by atoms with van der Waals surface area (Å²) in [6.07, 6.45) is -2.79. The molecule has 0 radical (unpaired) electrons. The van der Waals surface area contributed by atoms with Crippen molar-refractivity contribution in [1.29, 1.82) is 0 Å². The third-order valence-corrected chi connectivity index (χ3v) is 3.78. The van der Waals surface area contributed by atoms with Gasteiger partial charge >= 0.3 is 0 Å². The molecule has 126 valence electrons. The molecule has 3 heterocycles. The van der Waals surface area contributed by atoms with Crippen molar-refractivity contribution >= 4 is 28.6 Å². The second-order valence-corrected chi connectivity index (χ2v) is 6.03. The van der Waals surface area contributed by atoms with Crippen molar-refractivity contribution in [2.75, 3.05) is 11.9 Å². The summed E-state index contributed by atoms with van der Waals surface area (Å²) < 4.78 is 6.97. The molecule has 0 amide bonds. The number of halogens is 1. The van der Waals surface area contributed by atoms with Gasteiger partial charge in [0.05, 0.1) is 12.9 Å². The third kappa shape index (κ3) is 2.86. The number of fused-ring (bicyclic) bond motifs is 1. The molecule has 4 atom stereocenters. The van der Waals surface area contributed by atoms with E-state index in [1.807, 2.05) is 13.8 Å². The first-order valence-corrected chi connectivity index (χ1v) is 7.59. The lowest BCUT2D eigenvalue weighted by atomic mass is 10.1. The number of rotatable bonds is 4. The molecule has 1 aliphatic rings. The Labute approximate surface area is 136 Å². The monoisotopic (exact) mass is 343 g/mol. The summed E-state index contributed by atoms with van der Waals surface area (Å²) in [5.74, 6) is 0.473. The molecule has 1 aliphatic heterocycles. The van der Waals surface area contributed by atoms with Gasteiger partial charge in [-0.05, 0) is 25.4 Å². The standard InChI is InChI=1S/C13H18ClN5O4/c1-5(2)16-10-7-11(18-13(14)17-10)19(4-15-7)12-9(22)8(21)6(3-20)23-12/h4-6,8-9,12,20-22H,3H2,1-2H3,(H,16,17,18)/t6-,8-,9-,12-/m1/s1. The van der Waals surface area contributed by atoms with Gasteiger partial charge in [0.15, 0.2) is 23.2 Å². The Bertz CT molecular complexity index is 709. The first-order chi connectivity index (χ1) is 10.9. The van der Waals surface area contributed by atoms with Gasteiger partial charge in [0.25, 0.3) is 0 Å². The molecule has 0 aliphatic carbocycles. The van der Waals surface area contributed by atoms with Gasteiger partial charge in [0.1, 0.15) is 18.3 Å². The quantitative estimate of drug-likeness (QED) is 0.568. The van der Waals surface area contributed by atoms with Gasteiger partial charge in [0.2, 0.25) is 5.28 Å². The lowest BCUT2D eigenvalue weighted by molar-refractivity contribution is -0.0511. The van der Waals surface area contributed by atoms with E-state index in [2.05, 4.69) is 20.3 Å². The summed E-state index contributed by atoms with van der Waals surface area (Å²) in [6, 6.07) is 0.114. The van der Waals surface area contributed by atoms with E-state index in [9.17, 15) is 15.3 Å². The van der Waals surface area contributed by atoms with Gasteiger partial charge in [0, 0.05) is 6.04 Å². The molecule has 1 fully saturated rings. The topological polar surface area (TPSA) is 126 Å². The zero-order valence-corrected chi connectivity index (χ0v) is 13.3. The molecule has 0 bridgehead atoms. The molecular formula is C13H18ClN5O4. The third-order valence-electron chi connectivity index (χ3n) is 3.61. The highest BCUT2D eigenvalue weighted by molar-refractivity contribution is 6.28.